The van der Waals surface area contributed by atoms with E-state index in [2.05, 4.69) is 68.9 Å². The Labute approximate surface area is 229 Å². The minimum atomic E-state index is -0.211. The van der Waals surface area contributed by atoms with Gasteiger partial charge in [-0.3, -0.25) is 4.79 Å². The van der Waals surface area contributed by atoms with Gasteiger partial charge in [-0.1, -0.05) is 55.5 Å². The zero-order valence-corrected chi connectivity index (χ0v) is 22.7. The normalized spacial score (nSPS) is 17.3. The number of benzene rings is 3. The van der Waals surface area contributed by atoms with E-state index in [1.165, 1.54) is 22.1 Å². The second kappa shape index (κ2) is 12.3. The van der Waals surface area contributed by atoms with Crippen molar-refractivity contribution in [1.29, 1.82) is 0 Å². The molecule has 196 valence electrons. The molecule has 1 saturated heterocycles. The number of nitrogens with one attached hydrogen (secondary N) is 1. The van der Waals surface area contributed by atoms with E-state index in [-0.39, 0.29) is 5.91 Å². The molecule has 1 aliphatic rings. The monoisotopic (exact) mass is 525 g/mol. The van der Waals surface area contributed by atoms with Crippen molar-refractivity contribution in [1.82, 2.24) is 9.29 Å². The second-order valence-corrected chi connectivity index (χ2v) is 11.1. The van der Waals surface area contributed by atoms with Crippen LogP contribution in [0.25, 0.3) is 10.8 Å². The van der Waals surface area contributed by atoms with Crippen LogP contribution in [0.1, 0.15) is 36.5 Å². The number of nitrogens with two attached hydrogens (primary N) is 1. The van der Waals surface area contributed by atoms with Crippen LogP contribution < -0.4 is 16.0 Å². The number of rotatable bonds is 5. The summed E-state index contributed by atoms with van der Waals surface area (Å²) in [6.45, 7) is 6.34. The maximum absolute atomic E-state index is 12.7. The first-order valence-corrected chi connectivity index (χ1v) is 14.1. The summed E-state index contributed by atoms with van der Waals surface area (Å²) < 4.78 is 2.53. The average molecular weight is 526 g/mol. The van der Waals surface area contributed by atoms with E-state index in [0.717, 1.165) is 44.8 Å². The molecule has 1 amide bonds. The quantitative estimate of drug-likeness (QED) is 0.223. The molecule has 1 aliphatic heterocycles. The van der Waals surface area contributed by atoms with Crippen LogP contribution in [0.5, 0.6) is 0 Å². The van der Waals surface area contributed by atoms with Gasteiger partial charge in [0, 0.05) is 37.3 Å². The molecule has 0 bridgehead atoms. The van der Waals surface area contributed by atoms with E-state index in [4.69, 9.17) is 5.73 Å². The van der Waals surface area contributed by atoms with Crippen LogP contribution >= 0.6 is 11.9 Å². The molecular formula is C31H35N5OS. The molecule has 3 N–H and O–H groups in total. The number of anilines is 3. The van der Waals surface area contributed by atoms with Crippen molar-refractivity contribution < 1.29 is 4.79 Å². The minimum absolute atomic E-state index is 0.211. The third kappa shape index (κ3) is 6.47. The molecule has 3 aromatic carbocycles. The predicted molar refractivity (Wildman–Crippen MR) is 160 cm³/mol. The number of nitrogen functional groups attached to an aromatic ring is 1. The van der Waals surface area contributed by atoms with Gasteiger partial charge < -0.3 is 16.0 Å². The van der Waals surface area contributed by atoms with Crippen molar-refractivity contribution in [3.05, 3.63) is 90.6 Å². The molecule has 38 heavy (non-hydrogen) atoms. The van der Waals surface area contributed by atoms with Crippen molar-refractivity contribution in [2.45, 2.75) is 31.1 Å². The number of nitrogens with zero attached hydrogens (tertiary/aromatic N) is 3. The molecular weight excluding hydrogens is 490 g/mol. The Morgan fingerprint density at radius 1 is 0.921 bits per heavy atom. The Hall–Kier alpha value is -3.55. The summed E-state index contributed by atoms with van der Waals surface area (Å²) in [5.41, 5.74) is 7.63. The lowest BCUT2D eigenvalue weighted by Gasteiger charge is -2.30. The van der Waals surface area contributed by atoms with Gasteiger partial charge in [0.05, 0.1) is 16.9 Å². The highest BCUT2D eigenvalue weighted by Crippen LogP contribution is 2.31. The predicted octanol–water partition coefficient (Wildman–Crippen LogP) is 6.71. The highest BCUT2D eigenvalue weighted by atomic mass is 32.2. The van der Waals surface area contributed by atoms with Crippen LogP contribution in [0.2, 0.25) is 0 Å². The van der Waals surface area contributed by atoms with Gasteiger partial charge in [0.25, 0.3) is 5.91 Å². The van der Waals surface area contributed by atoms with Gasteiger partial charge in [-0.2, -0.15) is 0 Å². The molecule has 2 heterocycles. The summed E-state index contributed by atoms with van der Waals surface area (Å²) in [5.74, 6) is 1.33. The average Bonchev–Trinajstić information content (AvgIpc) is 2.95. The Morgan fingerprint density at radius 2 is 1.71 bits per heavy atom. The molecule has 0 radical (unpaired) electrons. The van der Waals surface area contributed by atoms with Crippen molar-refractivity contribution in [3.63, 3.8) is 0 Å². The number of aromatic nitrogens is 1. The highest BCUT2D eigenvalue weighted by molar-refractivity contribution is 7.97. The summed E-state index contributed by atoms with van der Waals surface area (Å²) in [7, 11) is 0. The lowest BCUT2D eigenvalue weighted by Crippen LogP contribution is -2.32. The van der Waals surface area contributed by atoms with Crippen LogP contribution in [0.15, 0.2) is 90.0 Å². The van der Waals surface area contributed by atoms with Crippen molar-refractivity contribution in [3.8, 4) is 0 Å². The number of para-hydroxylation sites is 2. The first kappa shape index (κ1) is 26.1. The van der Waals surface area contributed by atoms with Gasteiger partial charge in [-0.15, -0.1) is 0 Å². The molecule has 0 saturated carbocycles. The SMILES string of the molecule is CC1CCN(Sc2cccc3ccccc23)CCCN(c2ccc(C(=O)Nc3ccccc3N)cn2)CC1. The Balaban J connectivity index is 1.24. The third-order valence-corrected chi connectivity index (χ3v) is 8.29. The third-order valence-electron chi connectivity index (χ3n) is 7.12. The molecule has 6 nitrogen and oxygen atoms in total. The minimum Gasteiger partial charge on any atom is -0.397 e. The molecule has 4 aromatic rings. The summed E-state index contributed by atoms with van der Waals surface area (Å²) in [6.07, 6.45) is 4.99. The van der Waals surface area contributed by atoms with Gasteiger partial charge in [-0.25, -0.2) is 9.29 Å². The molecule has 1 atom stereocenters. The zero-order valence-electron chi connectivity index (χ0n) is 21.8. The van der Waals surface area contributed by atoms with Crippen molar-refractivity contribution in [2.24, 2.45) is 5.92 Å². The van der Waals surface area contributed by atoms with E-state index >= 15 is 0 Å². The number of carbonyl (C=O) groups is 1. The summed E-state index contributed by atoms with van der Waals surface area (Å²) in [4.78, 5) is 21.1. The summed E-state index contributed by atoms with van der Waals surface area (Å²) in [6, 6.07) is 26.3. The van der Waals surface area contributed by atoms with Crippen molar-refractivity contribution >= 4 is 45.8 Å². The van der Waals surface area contributed by atoms with E-state index in [1.807, 2.05) is 36.2 Å². The Bertz CT molecular complexity index is 1370. The number of hydrogen-bond acceptors (Lipinski definition) is 6. The van der Waals surface area contributed by atoms with Crippen LogP contribution in [-0.4, -0.2) is 41.4 Å². The number of fused-ring (bicyclic) bond motifs is 1. The molecule has 0 aliphatic carbocycles. The molecule has 1 aromatic heterocycles. The Kier molecular flexibility index (Phi) is 8.46. The van der Waals surface area contributed by atoms with Gasteiger partial charge >= 0.3 is 0 Å². The maximum Gasteiger partial charge on any atom is 0.257 e. The second-order valence-electron chi connectivity index (χ2n) is 9.97. The topological polar surface area (TPSA) is 74.5 Å². The zero-order chi connectivity index (χ0) is 26.3. The standard InChI is InChI=1S/C31H35N5OS/c1-23-16-20-35(30-15-14-25(22-33-30)31(37)34-28-12-5-4-11-27(28)32)18-7-19-36(21-17-23)38-29-13-6-9-24-8-2-3-10-26(24)29/h2-6,8-15,22-23H,7,16-21,32H2,1H3,(H,34,37). The molecule has 1 unspecified atom stereocenters. The molecule has 5 rings (SSSR count). The first-order valence-electron chi connectivity index (χ1n) is 13.3. The lowest BCUT2D eigenvalue weighted by molar-refractivity contribution is 0.102. The van der Waals surface area contributed by atoms with Crippen LogP contribution in [0, 0.1) is 5.92 Å². The summed E-state index contributed by atoms with van der Waals surface area (Å²) in [5, 5.41) is 5.48. The van der Waals surface area contributed by atoms with E-state index in [9.17, 15) is 4.79 Å². The van der Waals surface area contributed by atoms with Gasteiger partial charge in [0.15, 0.2) is 0 Å². The molecule has 7 heteroatoms. The van der Waals surface area contributed by atoms with Crippen LogP contribution in [0.4, 0.5) is 17.2 Å². The number of amides is 1. The highest BCUT2D eigenvalue weighted by Gasteiger charge is 2.18. The van der Waals surface area contributed by atoms with Gasteiger partial charge in [-0.05, 0) is 78.2 Å². The molecule has 1 fully saturated rings. The number of pyridine rings is 1. The summed E-state index contributed by atoms with van der Waals surface area (Å²) >= 11 is 1.88. The fraction of sp³-hybridized carbons (Fsp3) is 0.290. The first-order chi connectivity index (χ1) is 18.6. The smallest absolute Gasteiger partial charge is 0.257 e. The van der Waals surface area contributed by atoms with E-state index in [1.54, 1.807) is 18.3 Å². The number of hydrogen-bond donors (Lipinski definition) is 2. The van der Waals surface area contributed by atoms with Crippen LogP contribution in [0.3, 0.4) is 0 Å². The van der Waals surface area contributed by atoms with Crippen molar-refractivity contribution in [2.75, 3.05) is 42.1 Å². The molecule has 0 spiro atoms. The largest absolute Gasteiger partial charge is 0.397 e. The van der Waals surface area contributed by atoms with Gasteiger partial charge in [0.2, 0.25) is 0 Å². The fourth-order valence-corrected chi connectivity index (χ4v) is 5.91. The number of carbonyl (C=O) groups excluding carboxylic acids is 1. The Morgan fingerprint density at radius 3 is 2.55 bits per heavy atom. The fourth-order valence-electron chi connectivity index (χ4n) is 4.79. The van der Waals surface area contributed by atoms with Crippen LogP contribution in [-0.2, 0) is 0 Å². The van der Waals surface area contributed by atoms with Gasteiger partial charge in [0.1, 0.15) is 5.82 Å². The lowest BCUT2D eigenvalue weighted by atomic mass is 10.0. The maximum atomic E-state index is 12.7. The van der Waals surface area contributed by atoms with E-state index in [0.29, 0.717) is 22.9 Å². The van der Waals surface area contributed by atoms with E-state index < -0.39 is 0 Å².